The maximum absolute atomic E-state index is 13.7. The Hall–Kier alpha value is -2.91. The molecule has 28 heavy (non-hydrogen) atoms. The van der Waals surface area contributed by atoms with Gasteiger partial charge in [0.15, 0.2) is 17.5 Å². The average molecular weight is 397 g/mol. The van der Waals surface area contributed by atoms with Crippen molar-refractivity contribution in [2.24, 2.45) is 5.92 Å². The van der Waals surface area contributed by atoms with E-state index in [9.17, 15) is 32.3 Å². The van der Waals surface area contributed by atoms with Gasteiger partial charge in [-0.05, 0) is 30.9 Å². The van der Waals surface area contributed by atoms with E-state index in [2.05, 4.69) is 0 Å². The lowest BCUT2D eigenvalue weighted by Gasteiger charge is -2.34. The van der Waals surface area contributed by atoms with E-state index in [0.717, 1.165) is 30.2 Å². The molecule has 3 rings (SSSR count). The molecule has 0 unspecified atom stereocenters. The highest BCUT2D eigenvalue weighted by molar-refractivity contribution is 6.45. The zero-order chi connectivity index (χ0) is 20.6. The molecule has 1 saturated heterocycles. The van der Waals surface area contributed by atoms with Gasteiger partial charge >= 0.3 is 17.8 Å². The van der Waals surface area contributed by atoms with Crippen molar-refractivity contribution in [3.05, 3.63) is 29.6 Å². The lowest BCUT2D eigenvalue weighted by Crippen LogP contribution is -2.46. The third-order valence-electron chi connectivity index (χ3n) is 5.09. The Labute approximate surface area is 158 Å². The van der Waals surface area contributed by atoms with Gasteiger partial charge < -0.3 is 5.32 Å². The maximum Gasteiger partial charge on any atom is 0.334 e. The second kappa shape index (κ2) is 7.61. The third-order valence-corrected chi connectivity index (χ3v) is 5.09. The number of imide groups is 2. The number of carbonyl (C=O) groups excluding carboxylic acids is 4. The lowest BCUT2D eigenvalue weighted by atomic mass is 9.85. The Bertz CT molecular complexity index is 861. The molecule has 1 saturated carbocycles. The smallest absolute Gasteiger partial charge is 0.322 e. The van der Waals surface area contributed by atoms with Gasteiger partial charge in [0.25, 0.3) is 0 Å². The number of hydrogen-bond donors (Lipinski definition) is 1. The van der Waals surface area contributed by atoms with Gasteiger partial charge in [-0.15, -0.1) is 0 Å². The van der Waals surface area contributed by atoms with Crippen molar-refractivity contribution in [2.45, 2.75) is 38.6 Å². The molecule has 10 heteroatoms. The van der Waals surface area contributed by atoms with Crippen LogP contribution in [0.3, 0.4) is 0 Å². The standard InChI is InChI=1S/C18H18F3N3O4/c1-9-4-2-3-5-12(9)24-17(27)16(26)23(18(24)28)8-13(25)22-11-7-6-10(19)14(20)15(11)21/h6-7,9,12H,2-5,8H2,1H3,(H,22,25)/t9-,12+/m1/s1. The second-order valence-corrected chi connectivity index (χ2v) is 6.95. The number of amides is 5. The quantitative estimate of drug-likeness (QED) is 0.480. The van der Waals surface area contributed by atoms with Crippen molar-refractivity contribution in [3.63, 3.8) is 0 Å². The van der Waals surface area contributed by atoms with Crippen molar-refractivity contribution in [2.75, 3.05) is 11.9 Å². The van der Waals surface area contributed by atoms with Gasteiger partial charge in [-0.2, -0.15) is 0 Å². The average Bonchev–Trinajstić information content (AvgIpc) is 2.86. The van der Waals surface area contributed by atoms with Gasteiger partial charge in [-0.1, -0.05) is 19.8 Å². The van der Waals surface area contributed by atoms with Crippen LogP contribution >= 0.6 is 0 Å². The molecule has 1 N–H and O–H groups in total. The van der Waals surface area contributed by atoms with Crippen LogP contribution in [0, 0.1) is 23.4 Å². The molecule has 0 radical (unpaired) electrons. The van der Waals surface area contributed by atoms with Crippen LogP contribution in [-0.4, -0.2) is 46.1 Å². The van der Waals surface area contributed by atoms with Crippen LogP contribution in [0.4, 0.5) is 23.7 Å². The molecule has 2 atom stereocenters. The van der Waals surface area contributed by atoms with Crippen LogP contribution in [0.25, 0.3) is 0 Å². The SMILES string of the molecule is C[C@@H]1CCCC[C@@H]1N1C(=O)C(=O)N(CC(=O)Nc2ccc(F)c(F)c2F)C1=O. The van der Waals surface area contributed by atoms with Crippen LogP contribution in [0.2, 0.25) is 0 Å². The summed E-state index contributed by atoms with van der Waals surface area (Å²) in [7, 11) is 0. The van der Waals surface area contributed by atoms with Gasteiger partial charge in [-0.3, -0.25) is 19.3 Å². The van der Waals surface area contributed by atoms with Crippen LogP contribution in [-0.2, 0) is 14.4 Å². The van der Waals surface area contributed by atoms with Crippen LogP contribution in [0.15, 0.2) is 12.1 Å². The first-order valence-electron chi connectivity index (χ1n) is 8.84. The molecular formula is C18H18F3N3O4. The van der Waals surface area contributed by atoms with E-state index >= 15 is 0 Å². The van der Waals surface area contributed by atoms with Crippen molar-refractivity contribution < 1.29 is 32.3 Å². The van der Waals surface area contributed by atoms with E-state index in [1.807, 2.05) is 12.2 Å². The zero-order valence-corrected chi connectivity index (χ0v) is 15.0. The Morgan fingerprint density at radius 2 is 1.75 bits per heavy atom. The molecule has 1 aromatic rings. The van der Waals surface area contributed by atoms with E-state index < -0.39 is 59.5 Å². The summed E-state index contributed by atoms with van der Waals surface area (Å²) < 4.78 is 39.9. The topological polar surface area (TPSA) is 86.8 Å². The molecule has 0 aromatic heterocycles. The molecule has 2 aliphatic rings. The molecule has 2 fully saturated rings. The third kappa shape index (κ3) is 3.46. The van der Waals surface area contributed by atoms with Gasteiger partial charge in [0.05, 0.1) is 5.69 Å². The Morgan fingerprint density at radius 1 is 1.07 bits per heavy atom. The predicted molar refractivity (Wildman–Crippen MR) is 90.3 cm³/mol. The van der Waals surface area contributed by atoms with Gasteiger partial charge in [0, 0.05) is 6.04 Å². The normalized spacial score (nSPS) is 22.8. The molecule has 7 nitrogen and oxygen atoms in total. The number of urea groups is 1. The molecule has 150 valence electrons. The molecule has 1 aliphatic heterocycles. The summed E-state index contributed by atoms with van der Waals surface area (Å²) in [5, 5.41) is 1.97. The van der Waals surface area contributed by atoms with E-state index in [1.165, 1.54) is 0 Å². The highest BCUT2D eigenvalue weighted by atomic mass is 19.2. The number of carbonyl (C=O) groups is 4. The van der Waals surface area contributed by atoms with Crippen LogP contribution in [0.1, 0.15) is 32.6 Å². The number of halogens is 3. The van der Waals surface area contributed by atoms with Crippen LogP contribution in [0.5, 0.6) is 0 Å². The fourth-order valence-electron chi connectivity index (χ4n) is 3.59. The fourth-order valence-corrected chi connectivity index (χ4v) is 3.59. The van der Waals surface area contributed by atoms with Crippen molar-refractivity contribution in [1.82, 2.24) is 9.80 Å². The Kier molecular flexibility index (Phi) is 5.39. The van der Waals surface area contributed by atoms with Crippen LogP contribution < -0.4 is 5.32 Å². The van der Waals surface area contributed by atoms with Crippen molar-refractivity contribution >= 4 is 29.4 Å². The molecular weight excluding hydrogens is 379 g/mol. The monoisotopic (exact) mass is 397 g/mol. The molecule has 5 amide bonds. The minimum absolute atomic E-state index is 0.0273. The highest BCUT2D eigenvalue weighted by Gasteiger charge is 2.49. The van der Waals surface area contributed by atoms with Gasteiger partial charge in [0.1, 0.15) is 6.54 Å². The molecule has 0 bridgehead atoms. The number of nitrogens with zero attached hydrogens (tertiary/aromatic N) is 2. The zero-order valence-electron chi connectivity index (χ0n) is 15.0. The number of rotatable bonds is 4. The Morgan fingerprint density at radius 3 is 2.43 bits per heavy atom. The van der Waals surface area contributed by atoms with Crippen molar-refractivity contribution in [3.8, 4) is 0 Å². The number of anilines is 1. The summed E-state index contributed by atoms with van der Waals surface area (Å²) in [6.07, 6.45) is 3.17. The van der Waals surface area contributed by atoms with E-state index in [1.54, 1.807) is 0 Å². The summed E-state index contributed by atoms with van der Waals surface area (Å²) >= 11 is 0. The number of benzene rings is 1. The van der Waals surface area contributed by atoms with Crippen molar-refractivity contribution in [1.29, 1.82) is 0 Å². The fraction of sp³-hybridized carbons (Fsp3) is 0.444. The predicted octanol–water partition coefficient (Wildman–Crippen LogP) is 2.41. The molecule has 0 spiro atoms. The largest absolute Gasteiger partial charge is 0.334 e. The highest BCUT2D eigenvalue weighted by Crippen LogP contribution is 2.31. The summed E-state index contributed by atoms with van der Waals surface area (Å²) in [6.45, 7) is 1.04. The summed E-state index contributed by atoms with van der Waals surface area (Å²) in [5.74, 6) is -7.96. The number of nitrogens with one attached hydrogen (secondary N) is 1. The van der Waals surface area contributed by atoms with E-state index in [4.69, 9.17) is 0 Å². The van der Waals surface area contributed by atoms with E-state index in [0.29, 0.717) is 17.4 Å². The van der Waals surface area contributed by atoms with Gasteiger partial charge in [-0.25, -0.2) is 22.9 Å². The first-order valence-corrected chi connectivity index (χ1v) is 8.84. The van der Waals surface area contributed by atoms with Gasteiger partial charge in [0.2, 0.25) is 5.91 Å². The number of hydrogen-bond acceptors (Lipinski definition) is 4. The minimum atomic E-state index is -1.77. The summed E-state index contributed by atoms with van der Waals surface area (Å²) in [6, 6.07) is 0.0974. The Balaban J connectivity index is 1.72. The maximum atomic E-state index is 13.7. The minimum Gasteiger partial charge on any atom is -0.322 e. The second-order valence-electron chi connectivity index (χ2n) is 6.95. The first kappa shape index (κ1) is 19.8. The summed E-state index contributed by atoms with van der Waals surface area (Å²) in [5.41, 5.74) is -0.646. The molecule has 1 aliphatic carbocycles. The van der Waals surface area contributed by atoms with E-state index in [-0.39, 0.29) is 5.92 Å². The molecule has 1 aromatic carbocycles. The first-order chi connectivity index (χ1) is 13.2. The molecule has 1 heterocycles. The summed E-state index contributed by atoms with van der Waals surface area (Å²) in [4.78, 5) is 50.5. The lowest BCUT2D eigenvalue weighted by molar-refractivity contribution is -0.145.